The Labute approximate surface area is 64.9 Å². The van der Waals surface area contributed by atoms with Gasteiger partial charge in [0.25, 0.3) is 0 Å². The summed E-state index contributed by atoms with van der Waals surface area (Å²) in [5.74, 6) is -1.51. The van der Waals surface area contributed by atoms with Crippen LogP contribution in [0.1, 0.15) is 0 Å². The molecule has 1 aromatic heterocycles. The number of aromatic nitrogens is 2. The number of carboxylic acid groups (broad SMARTS) is 1. The second-order valence-corrected chi connectivity index (χ2v) is 3.14. The third kappa shape index (κ3) is 2.15. The molecule has 1 rings (SSSR count). The normalized spacial score (nSPS) is 12.7. The van der Waals surface area contributed by atoms with E-state index < -0.39 is 22.5 Å². The molecule has 5 nitrogen and oxygen atoms in total. The summed E-state index contributed by atoms with van der Waals surface area (Å²) in [4.78, 5) is 16.3. The highest BCUT2D eigenvalue weighted by Gasteiger charge is 2.09. The van der Waals surface area contributed by atoms with Crippen molar-refractivity contribution < 1.29 is 14.1 Å². The van der Waals surface area contributed by atoms with Gasteiger partial charge in [-0.15, -0.1) is 0 Å². The zero-order valence-electron chi connectivity index (χ0n) is 5.48. The molecule has 0 aliphatic heterocycles. The lowest BCUT2D eigenvalue weighted by Crippen LogP contribution is -2.10. The zero-order chi connectivity index (χ0) is 8.27. The quantitative estimate of drug-likeness (QED) is 0.653. The average Bonchev–Trinajstić information content (AvgIpc) is 2.35. The van der Waals surface area contributed by atoms with Crippen molar-refractivity contribution >= 4 is 16.8 Å². The number of hydrogen-bond donors (Lipinski definition) is 2. The van der Waals surface area contributed by atoms with Crippen molar-refractivity contribution in [2.75, 3.05) is 5.75 Å². The third-order valence-electron chi connectivity index (χ3n) is 0.943. The molecule has 0 bridgehead atoms. The summed E-state index contributed by atoms with van der Waals surface area (Å²) in [7, 11) is -1.55. The van der Waals surface area contributed by atoms with E-state index in [1.54, 1.807) is 0 Å². The van der Waals surface area contributed by atoms with Crippen LogP contribution in [0.3, 0.4) is 0 Å². The van der Waals surface area contributed by atoms with Crippen LogP contribution in [-0.4, -0.2) is 31.0 Å². The maximum absolute atomic E-state index is 11.0. The van der Waals surface area contributed by atoms with Gasteiger partial charge in [0.05, 0.1) is 0 Å². The number of H-pyrrole nitrogens is 1. The van der Waals surface area contributed by atoms with E-state index >= 15 is 0 Å². The predicted molar refractivity (Wildman–Crippen MR) is 37.5 cm³/mol. The fourth-order valence-corrected chi connectivity index (χ4v) is 1.29. The number of nitrogens with zero attached hydrogens (tertiary/aromatic N) is 1. The van der Waals surface area contributed by atoms with Crippen molar-refractivity contribution in [3.8, 4) is 0 Å². The van der Waals surface area contributed by atoms with Gasteiger partial charge in [-0.25, -0.2) is 4.98 Å². The SMILES string of the molecule is O=C(O)CS(=O)c1ncc[nH]1. The first-order valence-corrected chi connectivity index (χ1v) is 4.11. The molecule has 0 aliphatic rings. The maximum Gasteiger partial charge on any atom is 0.316 e. The van der Waals surface area contributed by atoms with Crippen LogP contribution in [0, 0.1) is 0 Å². The summed E-state index contributed by atoms with van der Waals surface area (Å²) in [6, 6.07) is 0. The van der Waals surface area contributed by atoms with Gasteiger partial charge in [-0.1, -0.05) is 0 Å². The van der Waals surface area contributed by atoms with Gasteiger partial charge in [0.2, 0.25) is 0 Å². The Hall–Kier alpha value is -1.17. The topological polar surface area (TPSA) is 83.0 Å². The van der Waals surface area contributed by atoms with Crippen molar-refractivity contribution in [3.05, 3.63) is 12.4 Å². The first-order valence-electron chi connectivity index (χ1n) is 2.79. The van der Waals surface area contributed by atoms with Crippen LogP contribution in [0.2, 0.25) is 0 Å². The second kappa shape index (κ2) is 3.29. The molecule has 0 fully saturated rings. The molecule has 1 atom stereocenters. The minimum absolute atomic E-state index is 0.201. The molecule has 0 radical (unpaired) electrons. The Morgan fingerprint density at radius 2 is 2.55 bits per heavy atom. The summed E-state index contributed by atoms with van der Waals surface area (Å²) in [5.41, 5.74) is 0. The molecule has 0 spiro atoms. The molecule has 0 saturated carbocycles. The van der Waals surface area contributed by atoms with Gasteiger partial charge >= 0.3 is 5.97 Å². The standard InChI is InChI=1S/C5H6N2O3S/c8-4(9)3-11(10)5-6-1-2-7-5/h1-2H,3H2,(H,6,7)(H,8,9). The number of nitrogens with one attached hydrogen (secondary N) is 1. The third-order valence-corrected chi connectivity index (χ3v) is 2.11. The number of imidazole rings is 1. The van der Waals surface area contributed by atoms with E-state index in [1.807, 2.05) is 0 Å². The van der Waals surface area contributed by atoms with E-state index in [1.165, 1.54) is 12.4 Å². The maximum atomic E-state index is 11.0. The Morgan fingerprint density at radius 3 is 3.00 bits per heavy atom. The second-order valence-electron chi connectivity index (χ2n) is 1.78. The number of hydrogen-bond acceptors (Lipinski definition) is 3. The molecule has 0 amide bonds. The monoisotopic (exact) mass is 174 g/mol. The smallest absolute Gasteiger partial charge is 0.316 e. The minimum Gasteiger partial charge on any atom is -0.481 e. The average molecular weight is 174 g/mol. The van der Waals surface area contributed by atoms with Crippen LogP contribution in [0.25, 0.3) is 0 Å². The lowest BCUT2D eigenvalue weighted by molar-refractivity contribution is -0.133. The lowest BCUT2D eigenvalue weighted by Gasteiger charge is -1.90. The number of carboxylic acids is 1. The fourth-order valence-electron chi connectivity index (χ4n) is 0.556. The van der Waals surface area contributed by atoms with Crippen LogP contribution < -0.4 is 0 Å². The number of aromatic amines is 1. The predicted octanol–water partition coefficient (Wildman–Crippen LogP) is -0.398. The Morgan fingerprint density at radius 1 is 1.82 bits per heavy atom. The van der Waals surface area contributed by atoms with Gasteiger partial charge in [0.1, 0.15) is 16.6 Å². The van der Waals surface area contributed by atoms with Crippen LogP contribution in [0.4, 0.5) is 0 Å². The van der Waals surface area contributed by atoms with Gasteiger partial charge in [0, 0.05) is 12.4 Å². The summed E-state index contributed by atoms with van der Waals surface area (Å²) >= 11 is 0. The van der Waals surface area contributed by atoms with Crippen molar-refractivity contribution in [3.63, 3.8) is 0 Å². The molecule has 0 saturated heterocycles. The number of aliphatic carboxylic acids is 1. The Bertz CT molecular complexity index is 269. The van der Waals surface area contributed by atoms with E-state index in [4.69, 9.17) is 5.11 Å². The van der Waals surface area contributed by atoms with Gasteiger partial charge in [-0.2, -0.15) is 0 Å². The first kappa shape index (κ1) is 7.93. The highest BCUT2D eigenvalue weighted by atomic mass is 32.2. The Kier molecular flexibility index (Phi) is 2.37. The summed E-state index contributed by atoms with van der Waals surface area (Å²) in [6.07, 6.45) is 2.92. The van der Waals surface area contributed by atoms with Crippen LogP contribution in [0.5, 0.6) is 0 Å². The molecule has 0 aromatic carbocycles. The zero-order valence-corrected chi connectivity index (χ0v) is 6.30. The lowest BCUT2D eigenvalue weighted by atomic mass is 10.8. The van der Waals surface area contributed by atoms with E-state index in [9.17, 15) is 9.00 Å². The van der Waals surface area contributed by atoms with Crippen LogP contribution >= 0.6 is 0 Å². The molecule has 0 aliphatic carbocycles. The van der Waals surface area contributed by atoms with Gasteiger partial charge < -0.3 is 10.1 Å². The molecular weight excluding hydrogens is 168 g/mol. The number of carbonyl (C=O) groups is 1. The summed E-state index contributed by atoms with van der Waals surface area (Å²) in [6.45, 7) is 0. The summed E-state index contributed by atoms with van der Waals surface area (Å²) in [5, 5.41) is 8.45. The molecule has 2 N–H and O–H groups in total. The first-order chi connectivity index (χ1) is 5.20. The molecule has 1 aromatic rings. The highest BCUT2D eigenvalue weighted by Crippen LogP contribution is 1.96. The van der Waals surface area contributed by atoms with E-state index in [-0.39, 0.29) is 5.16 Å². The minimum atomic E-state index is -1.55. The summed E-state index contributed by atoms with van der Waals surface area (Å²) < 4.78 is 11.0. The van der Waals surface area contributed by atoms with E-state index in [0.717, 1.165) is 0 Å². The van der Waals surface area contributed by atoms with Gasteiger partial charge in [-0.3, -0.25) is 9.00 Å². The molecule has 60 valence electrons. The highest BCUT2D eigenvalue weighted by molar-refractivity contribution is 7.85. The van der Waals surface area contributed by atoms with Gasteiger partial charge in [-0.05, 0) is 0 Å². The number of rotatable bonds is 3. The van der Waals surface area contributed by atoms with Crippen LogP contribution in [0.15, 0.2) is 17.6 Å². The largest absolute Gasteiger partial charge is 0.481 e. The van der Waals surface area contributed by atoms with Crippen molar-refractivity contribution in [2.45, 2.75) is 5.16 Å². The van der Waals surface area contributed by atoms with E-state index in [0.29, 0.717) is 0 Å². The molecule has 6 heteroatoms. The van der Waals surface area contributed by atoms with Crippen LogP contribution in [-0.2, 0) is 15.6 Å². The van der Waals surface area contributed by atoms with Gasteiger partial charge in [0.15, 0.2) is 5.16 Å². The van der Waals surface area contributed by atoms with Crippen molar-refractivity contribution in [2.24, 2.45) is 0 Å². The molecule has 1 unspecified atom stereocenters. The molecule has 1 heterocycles. The van der Waals surface area contributed by atoms with E-state index in [2.05, 4.69) is 9.97 Å². The van der Waals surface area contributed by atoms with Crippen molar-refractivity contribution in [1.82, 2.24) is 9.97 Å². The van der Waals surface area contributed by atoms with Crippen molar-refractivity contribution in [1.29, 1.82) is 0 Å². The Balaban J connectivity index is 2.64. The molecular formula is C5H6N2O3S. The fraction of sp³-hybridized carbons (Fsp3) is 0.200. The molecule has 11 heavy (non-hydrogen) atoms.